The smallest absolute Gasteiger partial charge is 0.0708 e. The number of hydrogen-bond acceptors (Lipinski definition) is 4. The Morgan fingerprint density at radius 1 is 1.43 bits per heavy atom. The van der Waals surface area contributed by atoms with Gasteiger partial charge in [-0.1, -0.05) is 0 Å². The van der Waals surface area contributed by atoms with Gasteiger partial charge in [0, 0.05) is 19.1 Å². The molecular weight excluding hydrogens is 180 g/mol. The van der Waals surface area contributed by atoms with Gasteiger partial charge in [-0.2, -0.15) is 0 Å². The van der Waals surface area contributed by atoms with Crippen molar-refractivity contribution in [1.29, 1.82) is 0 Å². The monoisotopic (exact) mass is 202 g/mol. The summed E-state index contributed by atoms with van der Waals surface area (Å²) < 4.78 is 0. The maximum absolute atomic E-state index is 9.86. The number of piperidine rings is 1. The van der Waals surface area contributed by atoms with Crippen LogP contribution in [0.5, 0.6) is 0 Å². The van der Waals surface area contributed by atoms with Gasteiger partial charge >= 0.3 is 0 Å². The van der Waals surface area contributed by atoms with Crippen LogP contribution in [0.2, 0.25) is 0 Å². The van der Waals surface area contributed by atoms with Gasteiger partial charge in [0.1, 0.15) is 0 Å². The van der Waals surface area contributed by atoms with Crippen LogP contribution >= 0.6 is 0 Å². The second-order valence-corrected chi connectivity index (χ2v) is 4.30. The van der Waals surface area contributed by atoms with Gasteiger partial charge in [0.2, 0.25) is 0 Å². The van der Waals surface area contributed by atoms with Crippen molar-refractivity contribution < 1.29 is 10.2 Å². The van der Waals surface area contributed by atoms with Crippen LogP contribution in [0, 0.1) is 0 Å². The van der Waals surface area contributed by atoms with Crippen LogP contribution in [0.25, 0.3) is 0 Å². The van der Waals surface area contributed by atoms with Gasteiger partial charge in [-0.25, -0.2) is 0 Å². The summed E-state index contributed by atoms with van der Waals surface area (Å²) >= 11 is 0. The summed E-state index contributed by atoms with van der Waals surface area (Å²) in [6, 6.07) is 0.186. The molecule has 0 aromatic heterocycles. The molecule has 0 aromatic rings. The number of nitrogens with zero attached hydrogens (tertiary/aromatic N) is 2. The third-order valence-corrected chi connectivity index (χ3v) is 2.80. The van der Waals surface area contributed by atoms with Crippen LogP contribution in [-0.2, 0) is 0 Å². The van der Waals surface area contributed by atoms with Crippen molar-refractivity contribution in [1.82, 2.24) is 9.80 Å². The van der Waals surface area contributed by atoms with Gasteiger partial charge in [-0.3, -0.25) is 4.90 Å². The van der Waals surface area contributed by atoms with Crippen molar-refractivity contribution in [3.8, 4) is 0 Å². The fraction of sp³-hybridized carbons (Fsp3) is 1.00. The van der Waals surface area contributed by atoms with E-state index < -0.39 is 0 Å². The zero-order chi connectivity index (χ0) is 10.6. The van der Waals surface area contributed by atoms with E-state index in [0.717, 1.165) is 25.9 Å². The van der Waals surface area contributed by atoms with E-state index in [4.69, 9.17) is 5.11 Å². The van der Waals surface area contributed by atoms with Crippen LogP contribution in [0.1, 0.15) is 12.8 Å². The predicted molar refractivity (Wildman–Crippen MR) is 56.2 cm³/mol. The van der Waals surface area contributed by atoms with Crippen molar-refractivity contribution in [2.45, 2.75) is 25.0 Å². The Hall–Kier alpha value is -0.160. The van der Waals surface area contributed by atoms with E-state index >= 15 is 0 Å². The highest BCUT2D eigenvalue weighted by Gasteiger charge is 2.29. The van der Waals surface area contributed by atoms with Crippen molar-refractivity contribution in [2.24, 2.45) is 0 Å². The van der Waals surface area contributed by atoms with E-state index in [9.17, 15) is 5.11 Å². The van der Waals surface area contributed by atoms with Crippen LogP contribution in [-0.4, -0.2) is 72.5 Å². The molecule has 0 bridgehead atoms. The highest BCUT2D eigenvalue weighted by Crippen LogP contribution is 2.17. The first kappa shape index (κ1) is 11.9. The van der Waals surface area contributed by atoms with E-state index in [-0.39, 0.29) is 18.8 Å². The third-order valence-electron chi connectivity index (χ3n) is 2.80. The molecule has 2 atom stereocenters. The number of likely N-dealkylation sites (N-methyl/N-ethyl adjacent to an activating group) is 1. The van der Waals surface area contributed by atoms with E-state index in [1.54, 1.807) is 0 Å². The number of β-amino-alcohol motifs (C(OH)–C–C–N with tert-alkyl or cyclic N) is 1. The lowest BCUT2D eigenvalue weighted by molar-refractivity contribution is -0.00664. The van der Waals surface area contributed by atoms with Gasteiger partial charge in [0.15, 0.2) is 0 Å². The fourth-order valence-electron chi connectivity index (χ4n) is 2.12. The molecule has 0 radical (unpaired) electrons. The molecule has 14 heavy (non-hydrogen) atoms. The van der Waals surface area contributed by atoms with Crippen LogP contribution in [0.15, 0.2) is 0 Å². The Balaban J connectivity index is 2.51. The molecule has 1 saturated heterocycles. The van der Waals surface area contributed by atoms with E-state index in [0.29, 0.717) is 6.54 Å². The third kappa shape index (κ3) is 3.20. The van der Waals surface area contributed by atoms with Gasteiger partial charge in [-0.05, 0) is 33.5 Å². The van der Waals surface area contributed by atoms with Crippen molar-refractivity contribution in [3.05, 3.63) is 0 Å². The molecule has 0 amide bonds. The molecule has 4 nitrogen and oxygen atoms in total. The normalized spacial score (nSPS) is 29.8. The molecule has 0 aromatic carbocycles. The van der Waals surface area contributed by atoms with E-state index in [1.165, 1.54) is 0 Å². The Morgan fingerprint density at radius 3 is 2.71 bits per heavy atom. The highest BCUT2D eigenvalue weighted by molar-refractivity contribution is 4.85. The lowest BCUT2D eigenvalue weighted by Gasteiger charge is -2.40. The average molecular weight is 202 g/mol. The second kappa shape index (κ2) is 5.66. The summed E-state index contributed by atoms with van der Waals surface area (Å²) in [7, 11) is 4.02. The standard InChI is InChI=1S/C10H22N2O2/c1-11(2)8-9-10(14)4-3-5-12(9)6-7-13/h9-10,13-14H,3-8H2,1-2H3. The number of hydrogen-bond donors (Lipinski definition) is 2. The van der Waals surface area contributed by atoms with Crippen molar-refractivity contribution >= 4 is 0 Å². The first-order valence-electron chi connectivity index (χ1n) is 5.33. The average Bonchev–Trinajstić information content (AvgIpc) is 2.11. The molecule has 1 aliphatic rings. The molecular formula is C10H22N2O2. The number of rotatable bonds is 4. The second-order valence-electron chi connectivity index (χ2n) is 4.30. The Bertz CT molecular complexity index is 162. The minimum absolute atomic E-state index is 0.177. The maximum atomic E-state index is 9.86. The molecule has 1 heterocycles. The van der Waals surface area contributed by atoms with Gasteiger partial charge in [0.05, 0.1) is 12.7 Å². The predicted octanol–water partition coefficient (Wildman–Crippen LogP) is -0.634. The van der Waals surface area contributed by atoms with Crippen molar-refractivity contribution in [2.75, 3.05) is 40.3 Å². The van der Waals surface area contributed by atoms with E-state index in [1.807, 2.05) is 14.1 Å². The largest absolute Gasteiger partial charge is 0.395 e. The molecule has 4 heteroatoms. The molecule has 84 valence electrons. The lowest BCUT2D eigenvalue weighted by Crippen LogP contribution is -2.53. The van der Waals surface area contributed by atoms with Gasteiger partial charge in [0.25, 0.3) is 0 Å². The summed E-state index contributed by atoms with van der Waals surface area (Å²) in [5, 5.41) is 18.8. The molecule has 2 N–H and O–H groups in total. The number of likely N-dealkylation sites (tertiary alicyclic amines) is 1. The minimum atomic E-state index is -0.238. The zero-order valence-electron chi connectivity index (χ0n) is 9.19. The fourth-order valence-corrected chi connectivity index (χ4v) is 2.12. The SMILES string of the molecule is CN(C)CC1C(O)CCCN1CCO. The number of aliphatic hydroxyl groups is 2. The zero-order valence-corrected chi connectivity index (χ0v) is 9.19. The van der Waals surface area contributed by atoms with Gasteiger partial charge < -0.3 is 15.1 Å². The van der Waals surface area contributed by atoms with E-state index in [2.05, 4.69) is 9.80 Å². The molecule has 0 aliphatic carbocycles. The summed E-state index contributed by atoms with van der Waals surface area (Å²) in [6.07, 6.45) is 1.68. The van der Waals surface area contributed by atoms with Gasteiger partial charge in [-0.15, -0.1) is 0 Å². The van der Waals surface area contributed by atoms with Crippen LogP contribution in [0.4, 0.5) is 0 Å². The minimum Gasteiger partial charge on any atom is -0.395 e. The molecule has 0 saturated carbocycles. The molecule has 1 rings (SSSR count). The Kier molecular flexibility index (Phi) is 4.81. The maximum Gasteiger partial charge on any atom is 0.0708 e. The molecule has 0 spiro atoms. The number of aliphatic hydroxyl groups excluding tert-OH is 2. The summed E-state index contributed by atoms with van der Waals surface area (Å²) in [5.41, 5.74) is 0. The molecule has 1 fully saturated rings. The van der Waals surface area contributed by atoms with Crippen molar-refractivity contribution in [3.63, 3.8) is 0 Å². The topological polar surface area (TPSA) is 46.9 Å². The summed E-state index contributed by atoms with van der Waals surface area (Å²) in [6.45, 7) is 2.71. The Labute approximate surface area is 86.1 Å². The van der Waals surface area contributed by atoms with Crippen LogP contribution < -0.4 is 0 Å². The molecule has 2 unspecified atom stereocenters. The highest BCUT2D eigenvalue weighted by atomic mass is 16.3. The quantitative estimate of drug-likeness (QED) is 0.637. The first-order valence-corrected chi connectivity index (χ1v) is 5.33. The van der Waals surface area contributed by atoms with Crippen LogP contribution in [0.3, 0.4) is 0 Å². The Morgan fingerprint density at radius 2 is 2.14 bits per heavy atom. The summed E-state index contributed by atoms with van der Waals surface area (Å²) in [5.74, 6) is 0. The summed E-state index contributed by atoms with van der Waals surface area (Å²) in [4.78, 5) is 4.28. The lowest BCUT2D eigenvalue weighted by atomic mass is 9.98. The molecule has 1 aliphatic heterocycles. The first-order chi connectivity index (χ1) is 6.65.